The molecule has 0 aromatic rings. The molecule has 1 aliphatic rings. The SMILES string of the molecule is CC(CO)N1CCNCC1C. The summed E-state index contributed by atoms with van der Waals surface area (Å²) >= 11 is 0. The Morgan fingerprint density at radius 1 is 1.73 bits per heavy atom. The van der Waals surface area contributed by atoms with Crippen molar-refractivity contribution in [1.82, 2.24) is 10.2 Å². The van der Waals surface area contributed by atoms with Crippen LogP contribution in [-0.2, 0) is 0 Å². The topological polar surface area (TPSA) is 35.5 Å². The van der Waals surface area contributed by atoms with E-state index in [0.717, 1.165) is 19.6 Å². The van der Waals surface area contributed by atoms with E-state index in [2.05, 4.69) is 24.1 Å². The van der Waals surface area contributed by atoms with Gasteiger partial charge in [-0.1, -0.05) is 0 Å². The van der Waals surface area contributed by atoms with Gasteiger partial charge in [-0.05, 0) is 13.8 Å². The molecule has 2 unspecified atom stereocenters. The molecule has 3 heteroatoms. The Hall–Kier alpha value is -0.120. The summed E-state index contributed by atoms with van der Waals surface area (Å²) in [5, 5.41) is 12.3. The van der Waals surface area contributed by atoms with E-state index in [0.29, 0.717) is 12.1 Å². The summed E-state index contributed by atoms with van der Waals surface area (Å²) in [7, 11) is 0. The monoisotopic (exact) mass is 158 g/mol. The van der Waals surface area contributed by atoms with Crippen molar-refractivity contribution in [2.45, 2.75) is 25.9 Å². The molecule has 2 atom stereocenters. The molecule has 1 aliphatic heterocycles. The van der Waals surface area contributed by atoms with Gasteiger partial charge in [-0.15, -0.1) is 0 Å². The van der Waals surface area contributed by atoms with Crippen LogP contribution in [0.25, 0.3) is 0 Å². The average molecular weight is 158 g/mol. The molecular formula is C8H18N2O. The van der Waals surface area contributed by atoms with Gasteiger partial charge in [0, 0.05) is 31.7 Å². The minimum Gasteiger partial charge on any atom is -0.395 e. The first kappa shape index (κ1) is 8.97. The number of aliphatic hydroxyl groups is 1. The number of nitrogens with zero attached hydrogens (tertiary/aromatic N) is 1. The van der Waals surface area contributed by atoms with Crippen LogP contribution in [0, 0.1) is 0 Å². The summed E-state index contributed by atoms with van der Waals surface area (Å²) < 4.78 is 0. The molecule has 1 fully saturated rings. The highest BCUT2D eigenvalue weighted by atomic mass is 16.3. The van der Waals surface area contributed by atoms with E-state index in [9.17, 15) is 0 Å². The van der Waals surface area contributed by atoms with Crippen molar-refractivity contribution >= 4 is 0 Å². The molecule has 11 heavy (non-hydrogen) atoms. The molecule has 0 bridgehead atoms. The van der Waals surface area contributed by atoms with Crippen LogP contribution in [0.2, 0.25) is 0 Å². The maximum absolute atomic E-state index is 8.94. The second-order valence-electron chi connectivity index (χ2n) is 3.32. The fourth-order valence-electron chi connectivity index (χ4n) is 1.62. The largest absolute Gasteiger partial charge is 0.395 e. The molecule has 0 aliphatic carbocycles. The van der Waals surface area contributed by atoms with Gasteiger partial charge in [0.25, 0.3) is 0 Å². The third kappa shape index (κ3) is 2.15. The van der Waals surface area contributed by atoms with Gasteiger partial charge in [-0.25, -0.2) is 0 Å². The van der Waals surface area contributed by atoms with Crippen LogP contribution in [0.15, 0.2) is 0 Å². The van der Waals surface area contributed by atoms with E-state index in [1.54, 1.807) is 0 Å². The van der Waals surface area contributed by atoms with Crippen LogP contribution < -0.4 is 5.32 Å². The third-order valence-corrected chi connectivity index (χ3v) is 2.38. The zero-order valence-electron chi connectivity index (χ0n) is 7.38. The van der Waals surface area contributed by atoms with E-state index in [-0.39, 0.29) is 6.61 Å². The highest BCUT2D eigenvalue weighted by Gasteiger charge is 2.21. The smallest absolute Gasteiger partial charge is 0.0584 e. The predicted molar refractivity (Wildman–Crippen MR) is 45.6 cm³/mol. The van der Waals surface area contributed by atoms with Crippen LogP contribution in [0.4, 0.5) is 0 Å². The van der Waals surface area contributed by atoms with E-state index in [1.807, 2.05) is 0 Å². The van der Waals surface area contributed by atoms with E-state index >= 15 is 0 Å². The third-order valence-electron chi connectivity index (χ3n) is 2.38. The number of hydrogen-bond donors (Lipinski definition) is 2. The second kappa shape index (κ2) is 4.04. The van der Waals surface area contributed by atoms with Crippen molar-refractivity contribution in [2.24, 2.45) is 0 Å². The number of rotatable bonds is 2. The summed E-state index contributed by atoms with van der Waals surface area (Å²) in [5.41, 5.74) is 0. The lowest BCUT2D eigenvalue weighted by Gasteiger charge is -2.37. The Balaban J connectivity index is 2.40. The number of nitrogens with one attached hydrogen (secondary N) is 1. The van der Waals surface area contributed by atoms with Crippen molar-refractivity contribution in [2.75, 3.05) is 26.2 Å². The van der Waals surface area contributed by atoms with Crippen LogP contribution >= 0.6 is 0 Å². The molecule has 3 nitrogen and oxygen atoms in total. The normalized spacial score (nSPS) is 30.3. The lowest BCUT2D eigenvalue weighted by Crippen LogP contribution is -2.54. The molecule has 2 N–H and O–H groups in total. The van der Waals surface area contributed by atoms with Crippen molar-refractivity contribution in [3.05, 3.63) is 0 Å². The number of aliphatic hydroxyl groups excluding tert-OH is 1. The molecule has 66 valence electrons. The van der Waals surface area contributed by atoms with Crippen molar-refractivity contribution < 1.29 is 5.11 Å². The molecule has 0 aromatic heterocycles. The Morgan fingerprint density at radius 2 is 2.45 bits per heavy atom. The Bertz CT molecular complexity index is 115. The summed E-state index contributed by atoms with van der Waals surface area (Å²) in [4.78, 5) is 2.34. The Labute approximate surface area is 68.4 Å². The van der Waals surface area contributed by atoms with Gasteiger partial charge in [0.2, 0.25) is 0 Å². The molecular weight excluding hydrogens is 140 g/mol. The number of piperazine rings is 1. The van der Waals surface area contributed by atoms with Crippen molar-refractivity contribution in [3.63, 3.8) is 0 Å². The molecule has 0 aromatic carbocycles. The average Bonchev–Trinajstić information content (AvgIpc) is 2.04. The van der Waals surface area contributed by atoms with Gasteiger partial charge in [0.05, 0.1) is 6.61 Å². The maximum Gasteiger partial charge on any atom is 0.0584 e. The summed E-state index contributed by atoms with van der Waals surface area (Å²) in [6, 6.07) is 0.873. The van der Waals surface area contributed by atoms with Gasteiger partial charge in [-0.2, -0.15) is 0 Å². The Kier molecular flexibility index (Phi) is 3.30. The van der Waals surface area contributed by atoms with Crippen LogP contribution in [-0.4, -0.2) is 48.3 Å². The maximum atomic E-state index is 8.94. The lowest BCUT2D eigenvalue weighted by molar-refractivity contribution is 0.0827. The molecule has 0 amide bonds. The van der Waals surface area contributed by atoms with Crippen LogP contribution in [0.1, 0.15) is 13.8 Å². The van der Waals surface area contributed by atoms with Gasteiger partial charge in [0.15, 0.2) is 0 Å². The summed E-state index contributed by atoms with van der Waals surface area (Å²) in [5.74, 6) is 0. The minimum atomic E-state index is 0.268. The molecule has 1 saturated heterocycles. The Morgan fingerprint density at radius 3 is 3.00 bits per heavy atom. The molecule has 0 radical (unpaired) electrons. The standard InChI is InChI=1S/C8H18N2O/c1-7-5-9-3-4-10(7)8(2)6-11/h7-9,11H,3-6H2,1-2H3. The van der Waals surface area contributed by atoms with E-state index < -0.39 is 0 Å². The van der Waals surface area contributed by atoms with E-state index in [1.165, 1.54) is 0 Å². The van der Waals surface area contributed by atoms with Gasteiger partial charge < -0.3 is 10.4 Å². The first-order chi connectivity index (χ1) is 5.25. The predicted octanol–water partition coefficient (Wildman–Crippen LogP) is -0.339. The molecule has 1 heterocycles. The molecule has 0 saturated carbocycles. The fourth-order valence-corrected chi connectivity index (χ4v) is 1.62. The minimum absolute atomic E-state index is 0.268. The lowest BCUT2D eigenvalue weighted by atomic mass is 10.1. The first-order valence-electron chi connectivity index (χ1n) is 4.33. The zero-order chi connectivity index (χ0) is 8.27. The highest BCUT2D eigenvalue weighted by molar-refractivity contribution is 4.79. The van der Waals surface area contributed by atoms with Gasteiger partial charge >= 0.3 is 0 Å². The quantitative estimate of drug-likeness (QED) is 0.577. The van der Waals surface area contributed by atoms with Crippen molar-refractivity contribution in [1.29, 1.82) is 0 Å². The summed E-state index contributed by atoms with van der Waals surface area (Å²) in [6.07, 6.45) is 0. The zero-order valence-corrected chi connectivity index (χ0v) is 7.38. The number of hydrogen-bond acceptors (Lipinski definition) is 3. The molecule has 0 spiro atoms. The second-order valence-corrected chi connectivity index (χ2v) is 3.32. The molecule has 1 rings (SSSR count). The van der Waals surface area contributed by atoms with E-state index in [4.69, 9.17) is 5.11 Å². The summed E-state index contributed by atoms with van der Waals surface area (Å²) in [6.45, 7) is 7.69. The fraction of sp³-hybridized carbons (Fsp3) is 1.00. The van der Waals surface area contributed by atoms with Crippen molar-refractivity contribution in [3.8, 4) is 0 Å². The van der Waals surface area contributed by atoms with Crippen LogP contribution in [0.3, 0.4) is 0 Å². The first-order valence-corrected chi connectivity index (χ1v) is 4.33. The van der Waals surface area contributed by atoms with Gasteiger partial charge in [0.1, 0.15) is 0 Å². The van der Waals surface area contributed by atoms with Gasteiger partial charge in [-0.3, -0.25) is 4.90 Å². The highest BCUT2D eigenvalue weighted by Crippen LogP contribution is 2.06. The van der Waals surface area contributed by atoms with Crippen LogP contribution in [0.5, 0.6) is 0 Å².